The molecule has 0 bridgehead atoms. The zero-order valence-corrected chi connectivity index (χ0v) is 27.0. The van der Waals surface area contributed by atoms with E-state index in [1.165, 1.54) is 35.9 Å². The van der Waals surface area contributed by atoms with Gasteiger partial charge in [-0.05, 0) is 56.2 Å². The maximum Gasteiger partial charge on any atom is 0.338 e. The van der Waals surface area contributed by atoms with E-state index in [-0.39, 0.29) is 23.7 Å². The number of nitro benzene ring substituents is 1. The molecule has 0 saturated carbocycles. The summed E-state index contributed by atoms with van der Waals surface area (Å²) in [5.74, 6) is -0.337. The van der Waals surface area contributed by atoms with Crippen LogP contribution in [0.4, 0.5) is 10.1 Å². The standard InChI is InChI=1S/C32H27BrFN3O7S/c1-17(2)44-31(39)28-18(3)35-32-36(29(28)19-9-7-10-22(12-19)37(40)41)30(38)27(45-32)14-21-13-25(42-4)26(15-23(21)33)43-16-20-8-5-6-11-24(20)34/h5-15,17,29H,16H2,1-4H3/b27-14+/t29-/m0/s1. The van der Waals surface area contributed by atoms with Gasteiger partial charge in [0.15, 0.2) is 16.3 Å². The topological polar surface area (TPSA) is 122 Å². The normalized spacial score (nSPS) is 14.6. The number of carbonyl (C=O) groups excluding carboxylic acids is 1. The third-order valence-electron chi connectivity index (χ3n) is 6.89. The molecule has 0 spiro atoms. The molecular formula is C32H27BrFN3O7S. The minimum absolute atomic E-state index is 0.0218. The first-order valence-electron chi connectivity index (χ1n) is 13.7. The first kappa shape index (κ1) is 31.8. The maximum absolute atomic E-state index is 14.1. The average molecular weight is 697 g/mol. The summed E-state index contributed by atoms with van der Waals surface area (Å²) >= 11 is 4.64. The monoisotopic (exact) mass is 695 g/mol. The Balaban J connectivity index is 1.61. The molecule has 1 aromatic heterocycles. The van der Waals surface area contributed by atoms with Crippen LogP contribution in [0.5, 0.6) is 11.5 Å². The molecular weight excluding hydrogens is 669 g/mol. The van der Waals surface area contributed by atoms with Crippen molar-refractivity contribution in [2.24, 2.45) is 4.99 Å². The van der Waals surface area contributed by atoms with Crippen molar-refractivity contribution in [2.45, 2.75) is 39.5 Å². The van der Waals surface area contributed by atoms with Crippen LogP contribution in [-0.2, 0) is 16.1 Å². The molecule has 0 amide bonds. The largest absolute Gasteiger partial charge is 0.493 e. The number of halogens is 2. The fourth-order valence-corrected chi connectivity index (χ4v) is 6.30. The highest BCUT2D eigenvalue weighted by atomic mass is 79.9. The summed E-state index contributed by atoms with van der Waals surface area (Å²) in [6.45, 7) is 5.02. The molecule has 1 atom stereocenters. The van der Waals surface area contributed by atoms with Gasteiger partial charge in [-0.25, -0.2) is 14.2 Å². The van der Waals surface area contributed by atoms with Crippen molar-refractivity contribution in [3.05, 3.63) is 129 Å². The number of aromatic nitrogens is 1. The number of methoxy groups -OCH3 is 1. The van der Waals surface area contributed by atoms with Gasteiger partial charge in [0.05, 0.1) is 40.0 Å². The third kappa shape index (κ3) is 6.59. The number of rotatable bonds is 9. The summed E-state index contributed by atoms with van der Waals surface area (Å²) in [6.07, 6.45) is 1.20. The van der Waals surface area contributed by atoms with Crippen molar-refractivity contribution in [3.63, 3.8) is 0 Å². The molecule has 2 heterocycles. The molecule has 4 aromatic rings. The van der Waals surface area contributed by atoms with Crippen LogP contribution >= 0.6 is 27.3 Å². The van der Waals surface area contributed by atoms with Crippen LogP contribution < -0.4 is 24.4 Å². The summed E-state index contributed by atoms with van der Waals surface area (Å²) < 4.78 is 33.2. The van der Waals surface area contributed by atoms with Crippen molar-refractivity contribution in [1.29, 1.82) is 0 Å². The summed E-state index contributed by atoms with van der Waals surface area (Å²) in [7, 11) is 1.47. The van der Waals surface area contributed by atoms with Gasteiger partial charge < -0.3 is 14.2 Å². The van der Waals surface area contributed by atoms with Gasteiger partial charge in [-0.3, -0.25) is 19.5 Å². The number of non-ortho nitro benzene ring substituents is 1. The second-order valence-electron chi connectivity index (χ2n) is 10.3. The van der Waals surface area contributed by atoms with Crippen LogP contribution in [0, 0.1) is 15.9 Å². The van der Waals surface area contributed by atoms with Gasteiger partial charge >= 0.3 is 5.97 Å². The Morgan fingerprint density at radius 1 is 1.18 bits per heavy atom. The minimum atomic E-state index is -1.01. The molecule has 5 rings (SSSR count). The van der Waals surface area contributed by atoms with Crippen molar-refractivity contribution in [3.8, 4) is 11.5 Å². The fourth-order valence-electron chi connectivity index (χ4n) is 4.83. The van der Waals surface area contributed by atoms with Gasteiger partial charge in [0, 0.05) is 22.2 Å². The second-order valence-corrected chi connectivity index (χ2v) is 12.2. The van der Waals surface area contributed by atoms with Crippen LogP contribution in [0.3, 0.4) is 0 Å². The van der Waals surface area contributed by atoms with Gasteiger partial charge in [-0.15, -0.1) is 0 Å². The molecule has 10 nitrogen and oxygen atoms in total. The molecule has 0 saturated heterocycles. The summed E-state index contributed by atoms with van der Waals surface area (Å²) in [6, 6.07) is 14.4. The van der Waals surface area contributed by atoms with E-state index < -0.39 is 28.6 Å². The molecule has 0 aliphatic carbocycles. The lowest BCUT2D eigenvalue weighted by molar-refractivity contribution is -0.384. The lowest BCUT2D eigenvalue weighted by Gasteiger charge is -2.25. The van der Waals surface area contributed by atoms with Crippen molar-refractivity contribution in [1.82, 2.24) is 4.57 Å². The summed E-state index contributed by atoms with van der Waals surface area (Å²) in [5.41, 5.74) is 1.13. The molecule has 3 aromatic carbocycles. The van der Waals surface area contributed by atoms with E-state index in [2.05, 4.69) is 20.9 Å². The quantitative estimate of drug-likeness (QED) is 0.127. The van der Waals surface area contributed by atoms with Crippen LogP contribution in [0.15, 0.2) is 86.2 Å². The van der Waals surface area contributed by atoms with E-state index in [4.69, 9.17) is 14.2 Å². The third-order valence-corrected chi connectivity index (χ3v) is 8.56. The molecule has 0 fully saturated rings. The van der Waals surface area contributed by atoms with Crippen molar-refractivity contribution in [2.75, 3.05) is 7.11 Å². The minimum Gasteiger partial charge on any atom is -0.493 e. The van der Waals surface area contributed by atoms with Gasteiger partial charge in [0.25, 0.3) is 11.2 Å². The van der Waals surface area contributed by atoms with Gasteiger partial charge in [0.2, 0.25) is 0 Å². The molecule has 45 heavy (non-hydrogen) atoms. The Morgan fingerprint density at radius 3 is 2.62 bits per heavy atom. The molecule has 1 aliphatic heterocycles. The summed E-state index contributed by atoms with van der Waals surface area (Å²) in [4.78, 5) is 43.2. The molecule has 0 unspecified atom stereocenters. The summed E-state index contributed by atoms with van der Waals surface area (Å²) in [5, 5.41) is 11.6. The van der Waals surface area contributed by atoms with E-state index in [0.717, 1.165) is 11.3 Å². The Labute approximate surface area is 269 Å². The lowest BCUT2D eigenvalue weighted by Crippen LogP contribution is -2.40. The molecule has 13 heteroatoms. The number of carbonyl (C=O) groups is 1. The Morgan fingerprint density at radius 2 is 1.93 bits per heavy atom. The molecule has 0 radical (unpaired) electrons. The molecule has 232 valence electrons. The highest BCUT2D eigenvalue weighted by Gasteiger charge is 2.34. The maximum atomic E-state index is 14.1. The zero-order valence-electron chi connectivity index (χ0n) is 24.6. The first-order valence-corrected chi connectivity index (χ1v) is 15.3. The Bertz CT molecular complexity index is 2040. The van der Waals surface area contributed by atoms with Crippen LogP contribution in [0.25, 0.3) is 6.08 Å². The first-order chi connectivity index (χ1) is 21.5. The van der Waals surface area contributed by atoms with Crippen molar-refractivity contribution < 1.29 is 28.3 Å². The van der Waals surface area contributed by atoms with Crippen LogP contribution in [-0.4, -0.2) is 28.7 Å². The number of benzene rings is 3. The van der Waals surface area contributed by atoms with E-state index in [1.54, 1.807) is 63.2 Å². The number of nitro groups is 1. The number of nitrogens with zero attached hydrogens (tertiary/aromatic N) is 3. The van der Waals surface area contributed by atoms with Crippen molar-refractivity contribution >= 4 is 45.0 Å². The van der Waals surface area contributed by atoms with Crippen LogP contribution in [0.1, 0.15) is 43.5 Å². The molecule has 0 N–H and O–H groups in total. The van der Waals surface area contributed by atoms with Gasteiger partial charge in [-0.2, -0.15) is 0 Å². The van der Waals surface area contributed by atoms with Gasteiger partial charge in [0.1, 0.15) is 12.4 Å². The number of hydrogen-bond acceptors (Lipinski definition) is 9. The number of thiazole rings is 1. The Hall–Kier alpha value is -4.62. The number of ether oxygens (including phenoxy) is 3. The van der Waals surface area contributed by atoms with E-state index >= 15 is 0 Å². The smallest absolute Gasteiger partial charge is 0.338 e. The SMILES string of the molecule is COc1cc(/C=c2/sc3n(c2=O)[C@@H](c2cccc([N+](=O)[O-])c2)C(C(=O)OC(C)C)=C(C)N=3)c(Br)cc1OCc1ccccc1F. The number of allylic oxidation sites excluding steroid dienone is 1. The predicted octanol–water partition coefficient (Wildman–Crippen LogP) is 5.58. The number of esters is 1. The highest BCUT2D eigenvalue weighted by Crippen LogP contribution is 2.35. The Kier molecular flexibility index (Phi) is 9.30. The fraction of sp³-hybridized carbons (Fsp3) is 0.219. The number of fused-ring (bicyclic) bond motifs is 1. The number of hydrogen-bond donors (Lipinski definition) is 0. The lowest BCUT2D eigenvalue weighted by atomic mass is 9.95. The van der Waals surface area contributed by atoms with E-state index in [9.17, 15) is 24.1 Å². The second kappa shape index (κ2) is 13.2. The zero-order chi connectivity index (χ0) is 32.4. The van der Waals surface area contributed by atoms with Gasteiger partial charge in [-0.1, -0.05) is 57.6 Å². The van der Waals surface area contributed by atoms with Crippen LogP contribution in [0.2, 0.25) is 0 Å². The molecule has 1 aliphatic rings. The average Bonchev–Trinajstić information content (AvgIpc) is 3.30. The van der Waals surface area contributed by atoms with E-state index in [1.807, 2.05) is 0 Å². The van der Waals surface area contributed by atoms with E-state index in [0.29, 0.717) is 47.7 Å². The predicted molar refractivity (Wildman–Crippen MR) is 170 cm³/mol. The highest BCUT2D eigenvalue weighted by molar-refractivity contribution is 9.10.